The average molecular weight is 392 g/mol. The number of carboxylic acid groups (broad SMARTS) is 1. The van der Waals surface area contributed by atoms with Crippen LogP contribution in [0.2, 0.25) is 0 Å². The summed E-state index contributed by atoms with van der Waals surface area (Å²) in [4.78, 5) is 11.0. The van der Waals surface area contributed by atoms with Crippen LogP contribution in [0.5, 0.6) is 5.75 Å². The number of carboxylic acids is 1. The number of ether oxygens (including phenoxy) is 1. The summed E-state index contributed by atoms with van der Waals surface area (Å²) in [5.41, 5.74) is 4.21. The molecule has 5 nitrogen and oxygen atoms in total. The van der Waals surface area contributed by atoms with Crippen LogP contribution in [0.15, 0.2) is 42.6 Å². The average Bonchev–Trinajstić information content (AvgIpc) is 2.91. The second-order valence-corrected chi connectivity index (χ2v) is 8.00. The number of aliphatic carboxylic acids is 1. The molecule has 0 aliphatic heterocycles. The second-order valence-electron chi connectivity index (χ2n) is 8.00. The summed E-state index contributed by atoms with van der Waals surface area (Å²) in [6, 6.07) is 12.4. The predicted molar refractivity (Wildman–Crippen MR) is 114 cm³/mol. The molecule has 29 heavy (non-hydrogen) atoms. The van der Waals surface area contributed by atoms with E-state index in [1.54, 1.807) is 0 Å². The van der Waals surface area contributed by atoms with Crippen LogP contribution in [0.25, 0.3) is 22.0 Å². The number of nitrogens with zero attached hydrogens (tertiary/aromatic N) is 2. The minimum absolute atomic E-state index is 0.129. The van der Waals surface area contributed by atoms with Gasteiger partial charge in [-0.2, -0.15) is 5.10 Å². The molecule has 4 rings (SSSR count). The predicted octanol–water partition coefficient (Wildman–Crippen LogP) is 5.36. The summed E-state index contributed by atoms with van der Waals surface area (Å²) in [5, 5.41) is 14.5. The molecular formula is C24H28N2O3. The molecule has 0 amide bonds. The zero-order valence-corrected chi connectivity index (χ0v) is 16.9. The number of fused-ring (bicyclic) bond motifs is 1. The summed E-state index contributed by atoms with van der Waals surface area (Å²) in [6.07, 6.45) is 9.99. The molecule has 1 saturated carbocycles. The first kappa shape index (κ1) is 19.5. The molecule has 1 heterocycles. The Morgan fingerprint density at radius 1 is 1.14 bits per heavy atom. The Labute approximate surface area is 171 Å². The summed E-state index contributed by atoms with van der Waals surface area (Å²) < 4.78 is 8.35. The van der Waals surface area contributed by atoms with Gasteiger partial charge < -0.3 is 9.84 Å². The molecule has 0 unspecified atom stereocenters. The van der Waals surface area contributed by atoms with Gasteiger partial charge in [-0.15, -0.1) is 0 Å². The number of benzene rings is 2. The molecular weight excluding hydrogens is 364 g/mol. The van der Waals surface area contributed by atoms with E-state index in [2.05, 4.69) is 29.4 Å². The molecule has 1 aliphatic carbocycles. The van der Waals surface area contributed by atoms with Crippen LogP contribution < -0.4 is 4.74 Å². The van der Waals surface area contributed by atoms with E-state index in [0.29, 0.717) is 6.42 Å². The van der Waals surface area contributed by atoms with E-state index < -0.39 is 5.97 Å². The maximum absolute atomic E-state index is 11.0. The number of carbonyl (C=O) groups is 1. The quantitative estimate of drug-likeness (QED) is 0.574. The minimum Gasteiger partial charge on any atom is -0.490 e. The van der Waals surface area contributed by atoms with Gasteiger partial charge in [0.05, 0.1) is 17.8 Å². The highest BCUT2D eigenvalue weighted by Gasteiger charge is 2.17. The summed E-state index contributed by atoms with van der Waals surface area (Å²) >= 11 is 0. The molecule has 0 saturated heterocycles. The first-order valence-corrected chi connectivity index (χ1v) is 10.5. The Balaban J connectivity index is 1.69. The Kier molecular flexibility index (Phi) is 5.84. The smallest absolute Gasteiger partial charge is 0.303 e. The van der Waals surface area contributed by atoms with Crippen LogP contribution in [-0.2, 0) is 18.3 Å². The summed E-state index contributed by atoms with van der Waals surface area (Å²) in [6.45, 7) is 0. The van der Waals surface area contributed by atoms with Crippen molar-refractivity contribution in [2.45, 2.75) is 57.5 Å². The molecule has 152 valence electrons. The molecule has 5 heteroatoms. The van der Waals surface area contributed by atoms with Gasteiger partial charge in [0.25, 0.3) is 0 Å². The zero-order valence-electron chi connectivity index (χ0n) is 16.9. The van der Waals surface area contributed by atoms with Crippen molar-refractivity contribution < 1.29 is 14.6 Å². The number of hydrogen-bond acceptors (Lipinski definition) is 3. The van der Waals surface area contributed by atoms with Crippen molar-refractivity contribution in [3.63, 3.8) is 0 Å². The topological polar surface area (TPSA) is 64.4 Å². The normalized spacial score (nSPS) is 15.3. The van der Waals surface area contributed by atoms with E-state index in [1.165, 1.54) is 25.7 Å². The molecule has 1 aromatic heterocycles. The van der Waals surface area contributed by atoms with Gasteiger partial charge in [0.15, 0.2) is 0 Å². The van der Waals surface area contributed by atoms with Crippen molar-refractivity contribution in [2.24, 2.45) is 7.05 Å². The van der Waals surface area contributed by atoms with Crippen molar-refractivity contribution in [3.8, 4) is 16.9 Å². The minimum atomic E-state index is -0.776. The van der Waals surface area contributed by atoms with E-state index in [1.807, 2.05) is 30.1 Å². The SMILES string of the molecule is Cn1ncc2cc(-c3cc(CCC(=O)O)ccc3OC3CCCCCC3)ccc21. The Bertz CT molecular complexity index is 1000. The van der Waals surface area contributed by atoms with E-state index >= 15 is 0 Å². The van der Waals surface area contributed by atoms with Crippen LogP contribution in [0.3, 0.4) is 0 Å². The molecule has 0 bridgehead atoms. The lowest BCUT2D eigenvalue weighted by atomic mass is 9.98. The third-order valence-corrected chi connectivity index (χ3v) is 5.82. The largest absolute Gasteiger partial charge is 0.490 e. The van der Waals surface area contributed by atoms with Gasteiger partial charge in [0.2, 0.25) is 0 Å². The molecule has 0 radical (unpaired) electrons. The third-order valence-electron chi connectivity index (χ3n) is 5.82. The summed E-state index contributed by atoms with van der Waals surface area (Å²) in [7, 11) is 1.94. The van der Waals surface area contributed by atoms with E-state index in [4.69, 9.17) is 9.84 Å². The second kappa shape index (κ2) is 8.68. The number of aryl methyl sites for hydroxylation is 2. The maximum Gasteiger partial charge on any atom is 0.303 e. The lowest BCUT2D eigenvalue weighted by molar-refractivity contribution is -0.136. The highest BCUT2D eigenvalue weighted by Crippen LogP contribution is 2.35. The lowest BCUT2D eigenvalue weighted by Gasteiger charge is -2.20. The third kappa shape index (κ3) is 4.61. The molecule has 1 fully saturated rings. The van der Waals surface area contributed by atoms with Gasteiger partial charge in [0, 0.05) is 24.4 Å². The molecule has 0 atom stereocenters. The zero-order chi connectivity index (χ0) is 20.2. The number of aromatic nitrogens is 2. The fourth-order valence-electron chi connectivity index (χ4n) is 4.18. The van der Waals surface area contributed by atoms with Gasteiger partial charge in [-0.25, -0.2) is 0 Å². The highest BCUT2D eigenvalue weighted by molar-refractivity contribution is 5.86. The monoisotopic (exact) mass is 392 g/mol. The molecule has 2 aromatic carbocycles. The number of rotatable bonds is 6. The highest BCUT2D eigenvalue weighted by atomic mass is 16.5. The Hall–Kier alpha value is -2.82. The van der Waals surface area contributed by atoms with Crippen LogP contribution >= 0.6 is 0 Å². The van der Waals surface area contributed by atoms with Crippen LogP contribution in [-0.4, -0.2) is 27.0 Å². The number of hydrogen-bond donors (Lipinski definition) is 1. The van der Waals surface area contributed by atoms with Crippen molar-refractivity contribution in [1.29, 1.82) is 0 Å². The Morgan fingerprint density at radius 2 is 1.93 bits per heavy atom. The van der Waals surface area contributed by atoms with Crippen molar-refractivity contribution in [3.05, 3.63) is 48.2 Å². The first-order valence-electron chi connectivity index (χ1n) is 10.5. The maximum atomic E-state index is 11.0. The molecule has 0 spiro atoms. The van der Waals surface area contributed by atoms with Crippen LogP contribution in [0.1, 0.15) is 50.5 Å². The van der Waals surface area contributed by atoms with Crippen LogP contribution in [0.4, 0.5) is 0 Å². The van der Waals surface area contributed by atoms with Crippen molar-refractivity contribution >= 4 is 16.9 Å². The van der Waals surface area contributed by atoms with Crippen LogP contribution in [0, 0.1) is 0 Å². The van der Waals surface area contributed by atoms with Gasteiger partial charge in [-0.05, 0) is 67.5 Å². The molecule has 3 aromatic rings. The van der Waals surface area contributed by atoms with E-state index in [0.717, 1.165) is 46.2 Å². The lowest BCUT2D eigenvalue weighted by Crippen LogP contribution is -2.15. The fraction of sp³-hybridized carbons (Fsp3) is 0.417. The van der Waals surface area contributed by atoms with Gasteiger partial charge >= 0.3 is 5.97 Å². The van der Waals surface area contributed by atoms with Crippen molar-refractivity contribution in [1.82, 2.24) is 9.78 Å². The molecule has 1 aliphatic rings. The first-order chi connectivity index (χ1) is 14.1. The standard InChI is InChI=1S/C24H28N2O3/c1-26-22-11-10-18(15-19(22)16-25-26)21-14-17(9-13-24(27)28)8-12-23(21)29-20-6-4-2-3-5-7-20/h8,10-12,14-16,20H,2-7,9,13H2,1H3,(H,27,28). The van der Waals surface area contributed by atoms with E-state index in [-0.39, 0.29) is 12.5 Å². The van der Waals surface area contributed by atoms with E-state index in [9.17, 15) is 4.79 Å². The van der Waals surface area contributed by atoms with Gasteiger partial charge in [-0.3, -0.25) is 9.48 Å². The summed E-state index contributed by atoms with van der Waals surface area (Å²) in [5.74, 6) is 0.112. The van der Waals surface area contributed by atoms with Gasteiger partial charge in [0.1, 0.15) is 5.75 Å². The Morgan fingerprint density at radius 3 is 2.69 bits per heavy atom. The fourth-order valence-corrected chi connectivity index (χ4v) is 4.18. The van der Waals surface area contributed by atoms with Gasteiger partial charge in [-0.1, -0.05) is 25.0 Å². The molecule has 1 N–H and O–H groups in total. The van der Waals surface area contributed by atoms with Crippen molar-refractivity contribution in [2.75, 3.05) is 0 Å².